The van der Waals surface area contributed by atoms with Crippen LogP contribution in [0.1, 0.15) is 58.9 Å². The van der Waals surface area contributed by atoms with Gasteiger partial charge < -0.3 is 15.2 Å². The second kappa shape index (κ2) is 10.4. The fourth-order valence-corrected chi connectivity index (χ4v) is 4.21. The quantitative estimate of drug-likeness (QED) is 0.410. The Labute approximate surface area is 198 Å². The summed E-state index contributed by atoms with van der Waals surface area (Å²) < 4.78 is 6.83. The number of amides is 1. The van der Waals surface area contributed by atoms with E-state index in [1.54, 1.807) is 34.6 Å². The van der Waals surface area contributed by atoms with Gasteiger partial charge in [0.25, 0.3) is 11.5 Å². The molecule has 3 aromatic heterocycles. The highest BCUT2D eigenvalue weighted by Crippen LogP contribution is 2.28. The lowest BCUT2D eigenvalue weighted by Gasteiger charge is -2.31. The second-order valence-corrected chi connectivity index (χ2v) is 8.27. The van der Waals surface area contributed by atoms with Crippen LogP contribution >= 0.6 is 0 Å². The number of aromatic nitrogens is 3. The maximum Gasteiger partial charge on any atom is 0.293 e. The van der Waals surface area contributed by atoms with Crippen molar-refractivity contribution in [3.8, 4) is 0 Å². The maximum absolute atomic E-state index is 13.6. The van der Waals surface area contributed by atoms with E-state index in [1.807, 2.05) is 49.4 Å². The van der Waals surface area contributed by atoms with E-state index in [-0.39, 0.29) is 17.2 Å². The number of carbonyl (C=O) groups excluding carboxylic acids is 1. The first-order chi connectivity index (χ1) is 16.5. The molecule has 34 heavy (non-hydrogen) atoms. The summed E-state index contributed by atoms with van der Waals surface area (Å²) in [6.07, 6.45) is 3.31. The zero-order chi connectivity index (χ0) is 24.1. The molecule has 8 nitrogen and oxygen atoms in total. The molecule has 0 bridgehead atoms. The van der Waals surface area contributed by atoms with Gasteiger partial charge >= 0.3 is 0 Å². The van der Waals surface area contributed by atoms with Crippen LogP contribution in [0.25, 0.3) is 5.65 Å². The molecule has 4 aromatic rings. The van der Waals surface area contributed by atoms with Crippen LogP contribution in [0, 0.1) is 6.92 Å². The van der Waals surface area contributed by atoms with E-state index in [2.05, 4.69) is 5.16 Å². The fraction of sp³-hybridized carbons (Fsp3) is 0.308. The zero-order valence-corrected chi connectivity index (χ0v) is 19.5. The predicted molar refractivity (Wildman–Crippen MR) is 130 cm³/mol. The van der Waals surface area contributed by atoms with Crippen LogP contribution in [0.3, 0.4) is 0 Å². The molecule has 8 heteroatoms. The molecule has 1 atom stereocenters. The average molecular weight is 460 g/mol. The molecule has 3 heterocycles. The summed E-state index contributed by atoms with van der Waals surface area (Å²) in [5, 5.41) is 3.87. The highest BCUT2D eigenvalue weighted by atomic mass is 16.5. The topological polar surface area (TPSA) is 107 Å². The first-order valence-corrected chi connectivity index (χ1v) is 11.5. The molecule has 0 saturated heterocycles. The van der Waals surface area contributed by atoms with Crippen molar-refractivity contribution in [2.45, 2.75) is 39.2 Å². The van der Waals surface area contributed by atoms with Gasteiger partial charge in [-0.25, -0.2) is 4.98 Å². The molecule has 2 N–H and O–H groups in total. The Morgan fingerprint density at radius 1 is 1.18 bits per heavy atom. The third-order valence-electron chi connectivity index (χ3n) is 5.86. The third-order valence-corrected chi connectivity index (χ3v) is 5.86. The first-order valence-electron chi connectivity index (χ1n) is 11.5. The molecule has 0 aliphatic heterocycles. The van der Waals surface area contributed by atoms with Crippen molar-refractivity contribution < 1.29 is 9.32 Å². The number of hydrogen-bond donors (Lipinski definition) is 1. The molecule has 1 unspecified atom stereocenters. The Morgan fingerprint density at radius 2 is 1.94 bits per heavy atom. The van der Waals surface area contributed by atoms with E-state index in [1.165, 1.54) is 0 Å². The summed E-state index contributed by atoms with van der Waals surface area (Å²) in [5.41, 5.74) is 8.99. The monoisotopic (exact) mass is 459 g/mol. The van der Waals surface area contributed by atoms with E-state index in [4.69, 9.17) is 15.2 Å². The number of fused-ring (bicyclic) bond motifs is 1. The van der Waals surface area contributed by atoms with Crippen LogP contribution < -0.4 is 11.3 Å². The highest BCUT2D eigenvalue weighted by molar-refractivity contribution is 5.91. The number of nitrogens with zero attached hydrogens (tertiary/aromatic N) is 4. The largest absolute Gasteiger partial charge is 0.351 e. The molecule has 0 fully saturated rings. The van der Waals surface area contributed by atoms with Crippen molar-refractivity contribution in [3.05, 3.63) is 99.4 Å². The number of benzene rings is 1. The Bertz CT molecular complexity index is 1330. The van der Waals surface area contributed by atoms with Gasteiger partial charge in [0.15, 0.2) is 0 Å². The summed E-state index contributed by atoms with van der Waals surface area (Å²) in [4.78, 5) is 33.7. The average Bonchev–Trinajstić information content (AvgIpc) is 3.30. The Morgan fingerprint density at radius 3 is 2.62 bits per heavy atom. The summed E-state index contributed by atoms with van der Waals surface area (Å²) in [6.45, 7) is 4.60. The predicted octanol–water partition coefficient (Wildman–Crippen LogP) is 3.52. The van der Waals surface area contributed by atoms with Crippen LogP contribution in [0.2, 0.25) is 0 Å². The van der Waals surface area contributed by atoms with Gasteiger partial charge in [-0.3, -0.25) is 14.0 Å². The van der Waals surface area contributed by atoms with Gasteiger partial charge in [-0.05, 0) is 44.0 Å². The SMILES string of the molecule is CCC(c1nc2ccccn2c(=O)c1Cc1ccccc1)N(CCCN)C(=O)c1cc(C)no1. The van der Waals surface area contributed by atoms with Gasteiger partial charge in [-0.2, -0.15) is 0 Å². The lowest BCUT2D eigenvalue weighted by atomic mass is 9.98. The Balaban J connectivity index is 1.87. The molecule has 1 amide bonds. The van der Waals surface area contributed by atoms with E-state index >= 15 is 0 Å². The van der Waals surface area contributed by atoms with Gasteiger partial charge in [-0.15, -0.1) is 0 Å². The standard InChI is InChI=1S/C26H29N5O3/c1-3-21(30(15-9-13-27)26(33)22-16-18(2)29-34-22)24-20(17-19-10-5-4-6-11-19)25(32)31-14-8-7-12-23(31)28-24/h4-8,10-12,14,16,21H,3,9,13,15,17,27H2,1-2H3. The van der Waals surface area contributed by atoms with Crippen molar-refractivity contribution in [2.75, 3.05) is 13.1 Å². The summed E-state index contributed by atoms with van der Waals surface area (Å²) in [5.74, 6) is -0.128. The van der Waals surface area contributed by atoms with E-state index in [0.29, 0.717) is 55.0 Å². The van der Waals surface area contributed by atoms with Crippen molar-refractivity contribution in [3.63, 3.8) is 0 Å². The van der Waals surface area contributed by atoms with Crippen molar-refractivity contribution in [2.24, 2.45) is 5.73 Å². The number of rotatable bonds is 9. The van der Waals surface area contributed by atoms with Crippen LogP contribution in [0.15, 0.2) is 70.1 Å². The third kappa shape index (κ3) is 4.77. The smallest absolute Gasteiger partial charge is 0.293 e. The molecular weight excluding hydrogens is 430 g/mol. The Hall–Kier alpha value is -3.78. The van der Waals surface area contributed by atoms with E-state index < -0.39 is 6.04 Å². The zero-order valence-electron chi connectivity index (χ0n) is 19.5. The lowest BCUT2D eigenvalue weighted by molar-refractivity contribution is 0.0621. The van der Waals surface area contributed by atoms with Crippen LogP contribution in [0.5, 0.6) is 0 Å². The molecule has 0 radical (unpaired) electrons. The van der Waals surface area contributed by atoms with Crippen molar-refractivity contribution in [1.29, 1.82) is 0 Å². The number of pyridine rings is 1. The van der Waals surface area contributed by atoms with Crippen molar-refractivity contribution in [1.82, 2.24) is 19.4 Å². The van der Waals surface area contributed by atoms with Crippen molar-refractivity contribution >= 4 is 11.6 Å². The van der Waals surface area contributed by atoms with E-state index in [0.717, 1.165) is 5.56 Å². The van der Waals surface area contributed by atoms with Gasteiger partial charge in [-0.1, -0.05) is 48.5 Å². The number of nitrogens with two attached hydrogens (primary N) is 1. The molecule has 176 valence electrons. The first kappa shape index (κ1) is 23.4. The molecule has 0 saturated carbocycles. The molecule has 1 aromatic carbocycles. The maximum atomic E-state index is 13.6. The fourth-order valence-electron chi connectivity index (χ4n) is 4.21. The van der Waals surface area contributed by atoms with E-state index in [9.17, 15) is 9.59 Å². The highest BCUT2D eigenvalue weighted by Gasteiger charge is 2.31. The summed E-state index contributed by atoms with van der Waals surface area (Å²) in [6, 6.07) is 16.5. The second-order valence-electron chi connectivity index (χ2n) is 8.27. The number of aryl methyl sites for hydroxylation is 1. The normalized spacial score (nSPS) is 12.1. The van der Waals surface area contributed by atoms with Crippen LogP contribution in [-0.2, 0) is 6.42 Å². The molecule has 4 rings (SSSR count). The van der Waals surface area contributed by atoms with Crippen LogP contribution in [-0.4, -0.2) is 38.4 Å². The van der Waals surface area contributed by atoms with Gasteiger partial charge in [0.2, 0.25) is 5.76 Å². The molecule has 0 aliphatic carbocycles. The number of carbonyl (C=O) groups is 1. The summed E-state index contributed by atoms with van der Waals surface area (Å²) in [7, 11) is 0. The van der Waals surface area contributed by atoms with Gasteiger partial charge in [0.05, 0.1) is 17.4 Å². The minimum absolute atomic E-state index is 0.135. The number of hydrogen-bond acceptors (Lipinski definition) is 6. The molecule has 0 spiro atoms. The minimum atomic E-state index is -0.430. The lowest BCUT2D eigenvalue weighted by Crippen LogP contribution is -2.38. The van der Waals surface area contributed by atoms with Gasteiger partial charge in [0.1, 0.15) is 5.65 Å². The molecular formula is C26H29N5O3. The minimum Gasteiger partial charge on any atom is -0.351 e. The Kier molecular flexibility index (Phi) is 7.18. The van der Waals surface area contributed by atoms with Crippen LogP contribution in [0.4, 0.5) is 0 Å². The van der Waals surface area contributed by atoms with Gasteiger partial charge in [0, 0.05) is 30.8 Å². The molecule has 0 aliphatic rings. The summed E-state index contributed by atoms with van der Waals surface area (Å²) >= 11 is 0.